The summed E-state index contributed by atoms with van der Waals surface area (Å²) in [5.74, 6) is -0.0947. The number of hydrogen-bond acceptors (Lipinski definition) is 6. The lowest BCUT2D eigenvalue weighted by molar-refractivity contribution is -0.168. The van der Waals surface area contributed by atoms with Gasteiger partial charge in [0, 0.05) is 12.8 Å². The van der Waals surface area contributed by atoms with Gasteiger partial charge in [0.25, 0.3) is 0 Å². The quantitative estimate of drug-likeness (QED) is 0.793. The van der Waals surface area contributed by atoms with Gasteiger partial charge >= 0.3 is 0 Å². The van der Waals surface area contributed by atoms with E-state index in [0.717, 1.165) is 16.3 Å². The van der Waals surface area contributed by atoms with Gasteiger partial charge in [0.1, 0.15) is 6.61 Å². The fraction of sp³-hybridized carbons (Fsp3) is 0.364. The molecule has 0 saturated carbocycles. The number of fused-ring (bicyclic) bond motifs is 1. The lowest BCUT2D eigenvalue weighted by atomic mass is 10.1. The monoisotopic (exact) mass is 409 g/mol. The summed E-state index contributed by atoms with van der Waals surface area (Å²) >= 11 is 0. The smallest absolute Gasteiger partial charge is 0.235 e. The predicted molar refractivity (Wildman–Crippen MR) is 116 cm³/mol. The number of aliphatic imine (C=N–C) groups is 2. The van der Waals surface area contributed by atoms with Crippen LogP contribution in [-0.4, -0.2) is 34.5 Å². The minimum atomic E-state index is -0.904. The number of benzene rings is 2. The van der Waals surface area contributed by atoms with Crippen LogP contribution in [0.3, 0.4) is 0 Å². The first-order valence-electron chi connectivity index (χ1n) is 10.0. The lowest BCUT2D eigenvalue weighted by Gasteiger charge is -2.38. The number of hydrogen-bond donors (Lipinski definition) is 2. The molecule has 1 aliphatic heterocycles. The molecule has 0 aromatic heterocycles. The first-order chi connectivity index (χ1) is 14.3. The molecule has 0 saturated heterocycles. The van der Waals surface area contributed by atoms with Crippen LogP contribution in [0.15, 0.2) is 52.4 Å². The Kier molecular flexibility index (Phi) is 6.47. The summed E-state index contributed by atoms with van der Waals surface area (Å²) in [5, 5.41) is 9.08. The molecule has 8 heteroatoms. The van der Waals surface area contributed by atoms with Gasteiger partial charge in [-0.3, -0.25) is 25.1 Å². The molecule has 0 bridgehead atoms. The Bertz CT molecular complexity index is 1010. The van der Waals surface area contributed by atoms with E-state index >= 15 is 0 Å². The number of guanidine groups is 2. The molecule has 0 unspecified atom stereocenters. The Morgan fingerprint density at radius 2 is 1.67 bits per heavy atom. The zero-order valence-electron chi connectivity index (χ0n) is 17.7. The normalized spacial score (nSPS) is 15.4. The second-order valence-electron chi connectivity index (χ2n) is 7.37. The predicted octanol–water partition coefficient (Wildman–Crippen LogP) is 3.09. The zero-order chi connectivity index (χ0) is 21.7. The number of nitrogens with one attached hydrogen (secondary N) is 2. The van der Waals surface area contributed by atoms with Crippen LogP contribution in [0.5, 0.6) is 0 Å². The molecule has 1 heterocycles. The minimum absolute atomic E-state index is 0.142. The molecule has 30 heavy (non-hydrogen) atoms. The van der Waals surface area contributed by atoms with E-state index in [1.54, 1.807) is 13.8 Å². The van der Waals surface area contributed by atoms with E-state index in [1.807, 2.05) is 56.3 Å². The SMILES string of the molecule is CCC(=O)NC1=NC(C)(C)N(OCc2cccc3ccccc23)C(NC(=O)CC)=N1. The maximum absolute atomic E-state index is 12.1. The average molecular weight is 409 g/mol. The molecule has 0 spiro atoms. The third kappa shape index (κ3) is 4.83. The molecule has 158 valence electrons. The summed E-state index contributed by atoms with van der Waals surface area (Å²) in [5.41, 5.74) is 0.0955. The second-order valence-corrected chi connectivity index (χ2v) is 7.37. The molecule has 2 N–H and O–H groups in total. The lowest BCUT2D eigenvalue weighted by Crippen LogP contribution is -2.56. The van der Waals surface area contributed by atoms with Crippen molar-refractivity contribution >= 4 is 34.5 Å². The second kappa shape index (κ2) is 9.04. The molecule has 8 nitrogen and oxygen atoms in total. The third-order valence-corrected chi connectivity index (χ3v) is 4.65. The Morgan fingerprint density at radius 1 is 1.00 bits per heavy atom. The van der Waals surface area contributed by atoms with Gasteiger partial charge in [-0.25, -0.2) is 4.99 Å². The summed E-state index contributed by atoms with van der Waals surface area (Å²) in [6.07, 6.45) is 0.581. The van der Waals surface area contributed by atoms with Crippen molar-refractivity contribution in [3.8, 4) is 0 Å². The third-order valence-electron chi connectivity index (χ3n) is 4.65. The molecule has 2 aromatic rings. The summed E-state index contributed by atoms with van der Waals surface area (Å²) < 4.78 is 0. The summed E-state index contributed by atoms with van der Waals surface area (Å²) in [6, 6.07) is 14.1. The average Bonchev–Trinajstić information content (AvgIpc) is 2.72. The first kappa shape index (κ1) is 21.4. The summed E-state index contributed by atoms with van der Waals surface area (Å²) in [6.45, 7) is 7.39. The van der Waals surface area contributed by atoms with Crippen LogP contribution >= 0.6 is 0 Å². The number of nitrogens with zero attached hydrogens (tertiary/aromatic N) is 3. The molecule has 0 aliphatic carbocycles. The molecule has 0 atom stereocenters. The van der Waals surface area contributed by atoms with E-state index in [0.29, 0.717) is 6.42 Å². The van der Waals surface area contributed by atoms with E-state index < -0.39 is 5.66 Å². The van der Waals surface area contributed by atoms with Crippen LogP contribution in [0.2, 0.25) is 0 Å². The first-order valence-corrected chi connectivity index (χ1v) is 10.0. The van der Waals surface area contributed by atoms with Gasteiger partial charge in [0.15, 0.2) is 5.66 Å². The number of amides is 2. The Hall–Kier alpha value is -3.26. The highest BCUT2D eigenvalue weighted by atomic mass is 16.7. The summed E-state index contributed by atoms with van der Waals surface area (Å²) in [4.78, 5) is 38.8. The van der Waals surface area contributed by atoms with Crippen LogP contribution < -0.4 is 10.6 Å². The van der Waals surface area contributed by atoms with Gasteiger partial charge in [-0.15, -0.1) is 0 Å². The van der Waals surface area contributed by atoms with Gasteiger partial charge in [0.2, 0.25) is 23.7 Å². The molecule has 0 radical (unpaired) electrons. The summed E-state index contributed by atoms with van der Waals surface area (Å²) in [7, 11) is 0. The molecule has 3 rings (SSSR count). The van der Waals surface area contributed by atoms with Crippen LogP contribution in [0, 0.1) is 0 Å². The molecule has 0 fully saturated rings. The van der Waals surface area contributed by atoms with E-state index in [1.165, 1.54) is 5.06 Å². The van der Waals surface area contributed by atoms with Crippen molar-refractivity contribution in [1.29, 1.82) is 0 Å². The maximum atomic E-state index is 12.1. The van der Waals surface area contributed by atoms with Crippen LogP contribution in [0.4, 0.5) is 0 Å². The van der Waals surface area contributed by atoms with E-state index in [9.17, 15) is 9.59 Å². The van der Waals surface area contributed by atoms with Crippen molar-refractivity contribution in [2.24, 2.45) is 9.98 Å². The zero-order valence-corrected chi connectivity index (χ0v) is 17.7. The van der Waals surface area contributed by atoms with Gasteiger partial charge in [-0.05, 0) is 30.2 Å². The van der Waals surface area contributed by atoms with Gasteiger partial charge in [-0.2, -0.15) is 10.1 Å². The number of carbonyl (C=O) groups excluding carboxylic acids is 2. The van der Waals surface area contributed by atoms with Gasteiger partial charge in [0.05, 0.1) is 0 Å². The molecular weight excluding hydrogens is 382 g/mol. The standard InChI is InChI=1S/C22H27N5O3/c1-5-18(28)23-20-25-21(24-19(29)6-2)27(22(3,4)26-20)30-14-16-12-9-11-15-10-7-8-13-17(15)16/h7-13H,5-6,14H2,1-4H3,(H2,23,24,25,26,28,29). The fourth-order valence-electron chi connectivity index (χ4n) is 3.07. The van der Waals surface area contributed by atoms with E-state index in [2.05, 4.69) is 20.6 Å². The topological polar surface area (TPSA) is 95.4 Å². The van der Waals surface area contributed by atoms with Gasteiger partial charge < -0.3 is 0 Å². The number of rotatable bonds is 5. The fourth-order valence-corrected chi connectivity index (χ4v) is 3.07. The molecular formula is C22H27N5O3. The van der Waals surface area contributed by atoms with Crippen molar-refractivity contribution in [3.63, 3.8) is 0 Å². The minimum Gasteiger partial charge on any atom is -0.295 e. The van der Waals surface area contributed by atoms with Crippen molar-refractivity contribution in [2.75, 3.05) is 0 Å². The maximum Gasteiger partial charge on any atom is 0.235 e. The van der Waals surface area contributed by atoms with Crippen molar-refractivity contribution in [1.82, 2.24) is 15.7 Å². The Morgan fingerprint density at radius 3 is 2.40 bits per heavy atom. The largest absolute Gasteiger partial charge is 0.295 e. The van der Waals surface area contributed by atoms with Crippen LogP contribution in [0.1, 0.15) is 46.1 Å². The van der Waals surface area contributed by atoms with Crippen molar-refractivity contribution < 1.29 is 14.4 Å². The highest BCUT2D eigenvalue weighted by Gasteiger charge is 2.36. The van der Waals surface area contributed by atoms with Gasteiger partial charge in [-0.1, -0.05) is 56.3 Å². The van der Waals surface area contributed by atoms with Crippen LogP contribution in [-0.2, 0) is 21.0 Å². The van der Waals surface area contributed by atoms with E-state index in [4.69, 9.17) is 4.84 Å². The molecule has 1 aliphatic rings. The molecule has 2 amide bonds. The van der Waals surface area contributed by atoms with Crippen molar-refractivity contribution in [2.45, 2.75) is 52.8 Å². The van der Waals surface area contributed by atoms with Crippen molar-refractivity contribution in [3.05, 3.63) is 48.0 Å². The number of hydroxylamine groups is 2. The Balaban J connectivity index is 1.88. The van der Waals surface area contributed by atoms with Crippen LogP contribution in [0.25, 0.3) is 10.8 Å². The Labute approximate surface area is 176 Å². The van der Waals surface area contributed by atoms with E-state index in [-0.39, 0.29) is 36.8 Å². The number of carbonyl (C=O) groups is 2. The highest BCUT2D eigenvalue weighted by molar-refractivity contribution is 6.07. The molecule has 2 aromatic carbocycles. The highest BCUT2D eigenvalue weighted by Crippen LogP contribution is 2.24.